The van der Waals surface area contributed by atoms with Crippen molar-refractivity contribution in [1.29, 1.82) is 0 Å². The van der Waals surface area contributed by atoms with Crippen LogP contribution in [0.1, 0.15) is 6.92 Å². The van der Waals surface area contributed by atoms with Crippen molar-refractivity contribution in [2.45, 2.75) is 11.8 Å². The van der Waals surface area contributed by atoms with E-state index in [-0.39, 0.29) is 4.90 Å². The minimum absolute atomic E-state index is 0.145. The Morgan fingerprint density at radius 1 is 1.35 bits per heavy atom. The fraction of sp³-hybridized carbons (Fsp3) is 0.583. The normalized spacial score (nSPS) is 18.1. The van der Waals surface area contributed by atoms with E-state index in [4.69, 9.17) is 11.6 Å². The number of piperazine rings is 1. The lowest BCUT2D eigenvalue weighted by Crippen LogP contribution is -2.48. The molecule has 1 fully saturated rings. The molecular weight excluding hydrogens is 300 g/mol. The predicted octanol–water partition coefficient (Wildman–Crippen LogP) is 1.10. The Balaban J connectivity index is 2.20. The molecule has 2 heterocycles. The first-order valence-corrected chi connectivity index (χ1v) is 8.36. The molecule has 1 aromatic rings. The van der Waals surface area contributed by atoms with Gasteiger partial charge in [0.1, 0.15) is 10.7 Å². The summed E-state index contributed by atoms with van der Waals surface area (Å²) in [5, 5.41) is 3.11. The van der Waals surface area contributed by atoms with Crippen LogP contribution in [0.25, 0.3) is 0 Å². The summed E-state index contributed by atoms with van der Waals surface area (Å²) in [6, 6.07) is 1.45. The van der Waals surface area contributed by atoms with Crippen LogP contribution in [-0.4, -0.2) is 62.4 Å². The Hall–Kier alpha value is -0.890. The highest BCUT2D eigenvalue weighted by molar-refractivity contribution is 7.89. The molecule has 1 N–H and O–H groups in total. The summed E-state index contributed by atoms with van der Waals surface area (Å²) in [5.41, 5.74) is 0. The van der Waals surface area contributed by atoms with Gasteiger partial charge in [-0.15, -0.1) is 0 Å². The van der Waals surface area contributed by atoms with E-state index < -0.39 is 10.0 Å². The van der Waals surface area contributed by atoms with Gasteiger partial charge in [0.25, 0.3) is 0 Å². The van der Waals surface area contributed by atoms with E-state index in [1.54, 1.807) is 7.05 Å². The minimum Gasteiger partial charge on any atom is -0.372 e. The van der Waals surface area contributed by atoms with Gasteiger partial charge in [0.05, 0.1) is 5.02 Å². The molecular formula is C12H19ClN4O2S. The van der Waals surface area contributed by atoms with Crippen LogP contribution in [0.2, 0.25) is 5.02 Å². The van der Waals surface area contributed by atoms with Crippen LogP contribution >= 0.6 is 11.6 Å². The first kappa shape index (κ1) is 15.5. The number of sulfonamides is 1. The van der Waals surface area contributed by atoms with Gasteiger partial charge in [-0.05, 0) is 12.6 Å². The van der Waals surface area contributed by atoms with Gasteiger partial charge < -0.3 is 10.2 Å². The van der Waals surface area contributed by atoms with Crippen molar-refractivity contribution in [3.05, 3.63) is 17.3 Å². The van der Waals surface area contributed by atoms with Gasteiger partial charge in [-0.1, -0.05) is 18.5 Å². The van der Waals surface area contributed by atoms with Crippen molar-refractivity contribution in [2.75, 3.05) is 45.1 Å². The molecule has 20 heavy (non-hydrogen) atoms. The molecule has 0 aliphatic carbocycles. The summed E-state index contributed by atoms with van der Waals surface area (Å²) in [6.45, 7) is 5.53. The molecule has 1 aliphatic rings. The Morgan fingerprint density at radius 2 is 2.00 bits per heavy atom. The number of aromatic nitrogens is 1. The van der Waals surface area contributed by atoms with Crippen LogP contribution in [0.5, 0.6) is 0 Å². The first-order chi connectivity index (χ1) is 9.48. The first-order valence-electron chi connectivity index (χ1n) is 6.55. The zero-order chi connectivity index (χ0) is 14.8. The van der Waals surface area contributed by atoms with Gasteiger partial charge in [-0.3, -0.25) is 0 Å². The molecule has 0 unspecified atom stereocenters. The Bertz CT molecular complexity index is 571. The molecule has 1 aliphatic heterocycles. The number of halogens is 1. The third kappa shape index (κ3) is 3.06. The van der Waals surface area contributed by atoms with Gasteiger partial charge in [-0.2, -0.15) is 4.31 Å². The quantitative estimate of drug-likeness (QED) is 0.900. The summed E-state index contributed by atoms with van der Waals surface area (Å²) in [5.74, 6) is 0.474. The number of nitrogens with one attached hydrogen (secondary N) is 1. The zero-order valence-electron chi connectivity index (χ0n) is 11.6. The van der Waals surface area contributed by atoms with Crippen molar-refractivity contribution in [2.24, 2.45) is 0 Å². The minimum atomic E-state index is -3.51. The summed E-state index contributed by atoms with van der Waals surface area (Å²) < 4.78 is 26.5. The molecule has 8 heteroatoms. The maximum Gasteiger partial charge on any atom is 0.244 e. The molecule has 0 radical (unpaired) electrons. The largest absolute Gasteiger partial charge is 0.372 e. The fourth-order valence-electron chi connectivity index (χ4n) is 2.18. The van der Waals surface area contributed by atoms with E-state index in [1.165, 1.54) is 16.6 Å². The highest BCUT2D eigenvalue weighted by Crippen LogP contribution is 2.24. The van der Waals surface area contributed by atoms with Crippen LogP contribution in [-0.2, 0) is 10.0 Å². The summed E-state index contributed by atoms with van der Waals surface area (Å²) in [7, 11) is -1.82. The second-order valence-corrected chi connectivity index (χ2v) is 6.93. The molecule has 0 saturated carbocycles. The highest BCUT2D eigenvalue weighted by atomic mass is 35.5. The molecule has 0 atom stereocenters. The standard InChI is InChI=1S/C12H19ClN4O2S/c1-3-16-4-6-17(7-5-16)20(18,19)10-8-11(13)12(14-2)15-9-10/h8-9H,3-7H2,1-2H3,(H,14,15). The van der Waals surface area contributed by atoms with E-state index in [2.05, 4.69) is 22.1 Å². The molecule has 112 valence electrons. The van der Waals surface area contributed by atoms with Gasteiger partial charge in [-0.25, -0.2) is 13.4 Å². The second-order valence-electron chi connectivity index (χ2n) is 4.59. The molecule has 6 nitrogen and oxygen atoms in total. The fourth-order valence-corrected chi connectivity index (χ4v) is 3.90. The van der Waals surface area contributed by atoms with E-state index in [0.29, 0.717) is 23.9 Å². The number of rotatable bonds is 4. The Kier molecular flexibility index (Phi) is 4.85. The number of likely N-dealkylation sites (N-methyl/N-ethyl adjacent to an activating group) is 1. The van der Waals surface area contributed by atoms with Crippen LogP contribution in [0.15, 0.2) is 17.2 Å². The average Bonchev–Trinajstić information content (AvgIpc) is 2.47. The number of anilines is 1. The molecule has 2 rings (SSSR count). The van der Waals surface area contributed by atoms with Gasteiger partial charge in [0.15, 0.2) is 0 Å². The van der Waals surface area contributed by atoms with Crippen molar-refractivity contribution in [3.63, 3.8) is 0 Å². The molecule has 0 bridgehead atoms. The van der Waals surface area contributed by atoms with Gasteiger partial charge >= 0.3 is 0 Å². The number of pyridine rings is 1. The van der Waals surface area contributed by atoms with Crippen LogP contribution < -0.4 is 5.32 Å². The van der Waals surface area contributed by atoms with Crippen molar-refractivity contribution in [1.82, 2.24) is 14.2 Å². The summed E-state index contributed by atoms with van der Waals surface area (Å²) in [6.07, 6.45) is 1.35. The second kappa shape index (κ2) is 6.26. The van der Waals surface area contributed by atoms with Gasteiger partial charge in [0, 0.05) is 39.4 Å². The third-order valence-electron chi connectivity index (χ3n) is 3.47. The topological polar surface area (TPSA) is 65.5 Å². The lowest BCUT2D eigenvalue weighted by atomic mass is 10.4. The maximum absolute atomic E-state index is 12.5. The van der Waals surface area contributed by atoms with Crippen molar-refractivity contribution >= 4 is 27.4 Å². The monoisotopic (exact) mass is 318 g/mol. The SMILES string of the molecule is CCN1CCN(S(=O)(=O)c2cnc(NC)c(Cl)c2)CC1. The van der Waals surface area contributed by atoms with E-state index in [1.807, 2.05) is 0 Å². The number of hydrogen-bond acceptors (Lipinski definition) is 5. The van der Waals surface area contributed by atoms with Crippen molar-refractivity contribution in [3.8, 4) is 0 Å². The average molecular weight is 319 g/mol. The van der Waals surface area contributed by atoms with Crippen LogP contribution in [0.3, 0.4) is 0 Å². The molecule has 0 aromatic carbocycles. The lowest BCUT2D eigenvalue weighted by Gasteiger charge is -2.33. The Morgan fingerprint density at radius 3 is 2.50 bits per heavy atom. The van der Waals surface area contributed by atoms with Gasteiger partial charge in [0.2, 0.25) is 10.0 Å². The van der Waals surface area contributed by atoms with Crippen LogP contribution in [0.4, 0.5) is 5.82 Å². The third-order valence-corrected chi connectivity index (χ3v) is 5.62. The van der Waals surface area contributed by atoms with E-state index in [0.717, 1.165) is 19.6 Å². The predicted molar refractivity (Wildman–Crippen MR) is 79.7 cm³/mol. The number of nitrogens with zero attached hydrogens (tertiary/aromatic N) is 3. The number of hydrogen-bond donors (Lipinski definition) is 1. The van der Waals surface area contributed by atoms with E-state index in [9.17, 15) is 8.42 Å². The molecule has 1 aromatic heterocycles. The Labute approximate surface area is 124 Å². The summed E-state index contributed by atoms with van der Waals surface area (Å²) in [4.78, 5) is 6.40. The maximum atomic E-state index is 12.5. The lowest BCUT2D eigenvalue weighted by molar-refractivity contribution is 0.196. The smallest absolute Gasteiger partial charge is 0.244 e. The zero-order valence-corrected chi connectivity index (χ0v) is 13.2. The molecule has 1 saturated heterocycles. The molecule has 0 amide bonds. The van der Waals surface area contributed by atoms with Crippen molar-refractivity contribution < 1.29 is 8.42 Å². The summed E-state index contributed by atoms with van der Waals surface area (Å²) >= 11 is 6.00. The molecule has 0 spiro atoms. The van der Waals surface area contributed by atoms with E-state index >= 15 is 0 Å². The van der Waals surface area contributed by atoms with Crippen LogP contribution in [0, 0.1) is 0 Å². The highest BCUT2D eigenvalue weighted by Gasteiger charge is 2.28.